The van der Waals surface area contributed by atoms with Crippen molar-refractivity contribution in [1.82, 2.24) is 9.71 Å². The van der Waals surface area contributed by atoms with Gasteiger partial charge in [0.2, 0.25) is 0 Å². The maximum atomic E-state index is 12.3. The van der Waals surface area contributed by atoms with Crippen molar-refractivity contribution in [2.45, 2.75) is 4.90 Å². The third-order valence-electron chi connectivity index (χ3n) is 3.20. The first kappa shape index (κ1) is 17.6. The molecule has 0 radical (unpaired) electrons. The van der Waals surface area contributed by atoms with E-state index in [0.29, 0.717) is 5.13 Å². The lowest BCUT2D eigenvalue weighted by atomic mass is 10.1. The summed E-state index contributed by atoms with van der Waals surface area (Å²) in [4.78, 5) is 15.8. The molecular formula is C16H12BrN3O3S2. The average molecular weight is 438 g/mol. The molecule has 2 N–H and O–H groups in total. The van der Waals surface area contributed by atoms with Crippen LogP contribution in [0.5, 0.6) is 0 Å². The van der Waals surface area contributed by atoms with Gasteiger partial charge in [-0.25, -0.2) is 22.9 Å². The number of hydrogen-bond acceptors (Lipinski definition) is 5. The molecule has 1 aromatic heterocycles. The van der Waals surface area contributed by atoms with Crippen molar-refractivity contribution in [3.8, 4) is 11.1 Å². The SMILES string of the molecule is O=C(Nc1ncc(Br)s1)NS(=O)(=O)c1ccc(-c2ccccc2)cc1. The highest BCUT2D eigenvalue weighted by atomic mass is 79.9. The Balaban J connectivity index is 1.72. The standard InChI is InChI=1S/C16H12BrN3O3S2/c17-14-10-18-16(24-14)19-15(21)20-25(22,23)13-8-6-12(7-9-13)11-4-2-1-3-5-11/h1-10H,(H2,18,19,20,21). The summed E-state index contributed by atoms with van der Waals surface area (Å²) in [5.74, 6) is 0. The summed E-state index contributed by atoms with van der Waals surface area (Å²) >= 11 is 4.39. The maximum absolute atomic E-state index is 12.3. The number of nitrogens with one attached hydrogen (secondary N) is 2. The van der Waals surface area contributed by atoms with Gasteiger partial charge in [-0.2, -0.15) is 0 Å². The van der Waals surface area contributed by atoms with Crippen molar-refractivity contribution >= 4 is 48.5 Å². The van der Waals surface area contributed by atoms with Gasteiger partial charge >= 0.3 is 6.03 Å². The Morgan fingerprint density at radius 1 is 1.00 bits per heavy atom. The van der Waals surface area contributed by atoms with Gasteiger partial charge in [0.25, 0.3) is 10.0 Å². The minimum Gasteiger partial charge on any atom is -0.283 e. The fraction of sp³-hybridized carbons (Fsp3) is 0. The number of amides is 2. The lowest BCUT2D eigenvalue weighted by Gasteiger charge is -2.08. The van der Waals surface area contributed by atoms with Crippen LogP contribution in [0.3, 0.4) is 0 Å². The molecule has 0 aliphatic heterocycles. The highest BCUT2D eigenvalue weighted by molar-refractivity contribution is 9.11. The van der Waals surface area contributed by atoms with Crippen LogP contribution in [-0.2, 0) is 10.0 Å². The van der Waals surface area contributed by atoms with Crippen LogP contribution in [-0.4, -0.2) is 19.4 Å². The number of thiazole rings is 1. The van der Waals surface area contributed by atoms with E-state index in [1.807, 2.05) is 35.1 Å². The third kappa shape index (κ3) is 4.44. The Morgan fingerprint density at radius 2 is 1.64 bits per heavy atom. The second-order valence-electron chi connectivity index (χ2n) is 4.92. The summed E-state index contributed by atoms with van der Waals surface area (Å²) in [5.41, 5.74) is 1.86. The van der Waals surface area contributed by atoms with Crippen LogP contribution in [0.2, 0.25) is 0 Å². The number of hydrogen-bond donors (Lipinski definition) is 2. The largest absolute Gasteiger partial charge is 0.334 e. The van der Waals surface area contributed by atoms with Crippen molar-refractivity contribution in [3.63, 3.8) is 0 Å². The second kappa shape index (κ2) is 7.34. The Bertz CT molecular complexity index is 987. The van der Waals surface area contributed by atoms with Gasteiger partial charge in [-0.15, -0.1) is 0 Å². The molecule has 3 aromatic rings. The molecule has 128 valence electrons. The fourth-order valence-electron chi connectivity index (χ4n) is 2.07. The molecule has 0 atom stereocenters. The molecule has 0 aliphatic carbocycles. The van der Waals surface area contributed by atoms with Crippen LogP contribution in [0.1, 0.15) is 0 Å². The van der Waals surface area contributed by atoms with E-state index in [4.69, 9.17) is 0 Å². The van der Waals surface area contributed by atoms with Crippen molar-refractivity contribution < 1.29 is 13.2 Å². The van der Waals surface area contributed by atoms with Crippen LogP contribution >= 0.6 is 27.3 Å². The number of sulfonamides is 1. The van der Waals surface area contributed by atoms with Gasteiger partial charge in [0, 0.05) is 0 Å². The monoisotopic (exact) mass is 437 g/mol. The van der Waals surface area contributed by atoms with Crippen LogP contribution < -0.4 is 10.0 Å². The van der Waals surface area contributed by atoms with E-state index in [-0.39, 0.29) is 4.90 Å². The fourth-order valence-corrected chi connectivity index (χ4v) is 4.08. The first-order valence-corrected chi connectivity index (χ1v) is 10.1. The molecule has 0 bridgehead atoms. The van der Waals surface area contributed by atoms with Gasteiger partial charge in [0.05, 0.1) is 14.9 Å². The molecule has 6 nitrogen and oxygen atoms in total. The minimum atomic E-state index is -3.97. The minimum absolute atomic E-state index is 0.00245. The number of aromatic nitrogens is 1. The first-order valence-electron chi connectivity index (χ1n) is 7.05. The molecule has 0 saturated carbocycles. The molecule has 25 heavy (non-hydrogen) atoms. The number of carbonyl (C=O) groups excluding carboxylic acids is 1. The van der Waals surface area contributed by atoms with E-state index in [2.05, 4.69) is 26.2 Å². The van der Waals surface area contributed by atoms with Gasteiger partial charge < -0.3 is 0 Å². The van der Waals surface area contributed by atoms with Gasteiger partial charge in [0.1, 0.15) is 0 Å². The summed E-state index contributed by atoms with van der Waals surface area (Å²) in [6.07, 6.45) is 1.51. The number of rotatable bonds is 4. The van der Waals surface area contributed by atoms with Crippen molar-refractivity contribution in [1.29, 1.82) is 0 Å². The van der Waals surface area contributed by atoms with Gasteiger partial charge in [-0.1, -0.05) is 53.8 Å². The van der Waals surface area contributed by atoms with E-state index in [9.17, 15) is 13.2 Å². The molecular weight excluding hydrogens is 426 g/mol. The average Bonchev–Trinajstić information content (AvgIpc) is 3.00. The van der Waals surface area contributed by atoms with Crippen molar-refractivity contribution in [3.05, 3.63) is 64.6 Å². The van der Waals surface area contributed by atoms with Crippen LogP contribution in [0.4, 0.5) is 9.93 Å². The van der Waals surface area contributed by atoms with Gasteiger partial charge in [-0.3, -0.25) is 5.32 Å². The summed E-state index contributed by atoms with van der Waals surface area (Å²) in [6.45, 7) is 0. The first-order chi connectivity index (χ1) is 11.9. The highest BCUT2D eigenvalue weighted by Crippen LogP contribution is 2.23. The zero-order chi connectivity index (χ0) is 17.9. The van der Waals surface area contributed by atoms with Gasteiger partial charge in [-0.05, 0) is 39.2 Å². The van der Waals surface area contributed by atoms with E-state index in [1.54, 1.807) is 12.1 Å². The van der Waals surface area contributed by atoms with Crippen molar-refractivity contribution in [2.24, 2.45) is 0 Å². The Kier molecular flexibility index (Phi) is 5.16. The zero-order valence-corrected chi connectivity index (χ0v) is 15.9. The lowest BCUT2D eigenvalue weighted by Crippen LogP contribution is -2.34. The molecule has 0 saturated heterocycles. The maximum Gasteiger partial charge on any atom is 0.334 e. The zero-order valence-electron chi connectivity index (χ0n) is 12.6. The molecule has 0 aliphatic rings. The number of nitrogens with zero attached hydrogens (tertiary/aromatic N) is 1. The Hall–Kier alpha value is -2.23. The Labute approximate surface area is 157 Å². The van der Waals surface area contributed by atoms with Crippen LogP contribution in [0, 0.1) is 0 Å². The molecule has 9 heteroatoms. The van der Waals surface area contributed by atoms with Gasteiger partial charge in [0.15, 0.2) is 5.13 Å². The Morgan fingerprint density at radius 3 is 2.24 bits per heavy atom. The topological polar surface area (TPSA) is 88.2 Å². The molecule has 0 spiro atoms. The third-order valence-corrected chi connectivity index (χ3v) is 5.94. The molecule has 2 amide bonds. The predicted molar refractivity (Wildman–Crippen MR) is 101 cm³/mol. The molecule has 0 unspecified atom stereocenters. The van der Waals surface area contributed by atoms with Crippen LogP contribution in [0.15, 0.2) is 69.5 Å². The number of urea groups is 1. The summed E-state index contributed by atoms with van der Waals surface area (Å²) < 4.78 is 27.3. The lowest BCUT2D eigenvalue weighted by molar-refractivity contribution is 0.256. The normalized spacial score (nSPS) is 11.1. The van der Waals surface area contributed by atoms with Crippen molar-refractivity contribution in [2.75, 3.05) is 5.32 Å². The van der Waals surface area contributed by atoms with E-state index < -0.39 is 16.1 Å². The molecule has 1 heterocycles. The molecule has 2 aromatic carbocycles. The second-order valence-corrected chi connectivity index (χ2v) is 9.01. The molecule has 3 rings (SSSR count). The number of halogens is 1. The highest BCUT2D eigenvalue weighted by Gasteiger charge is 2.18. The van der Waals surface area contributed by atoms with E-state index in [0.717, 1.165) is 14.9 Å². The number of anilines is 1. The summed E-state index contributed by atoms with van der Waals surface area (Å²) in [6, 6.07) is 15.0. The number of carbonyl (C=O) groups is 1. The number of benzene rings is 2. The van der Waals surface area contributed by atoms with E-state index >= 15 is 0 Å². The quantitative estimate of drug-likeness (QED) is 0.643. The van der Waals surface area contributed by atoms with E-state index in [1.165, 1.54) is 29.7 Å². The predicted octanol–water partition coefficient (Wildman–Crippen LogP) is 4.08. The smallest absolute Gasteiger partial charge is 0.283 e. The summed E-state index contributed by atoms with van der Waals surface area (Å²) in [5, 5.41) is 2.66. The summed E-state index contributed by atoms with van der Waals surface area (Å²) in [7, 11) is -3.97. The van der Waals surface area contributed by atoms with Crippen LogP contribution in [0.25, 0.3) is 11.1 Å². The molecule has 0 fully saturated rings.